The van der Waals surface area contributed by atoms with E-state index in [0.717, 1.165) is 5.56 Å². The van der Waals surface area contributed by atoms with Gasteiger partial charge in [0.05, 0.1) is 26.2 Å². The van der Waals surface area contributed by atoms with Crippen molar-refractivity contribution < 1.29 is 52.6 Å². The lowest BCUT2D eigenvalue weighted by Gasteiger charge is -2.44. The average molecular weight is 883 g/mol. The fraction of sp³-hybridized carbons (Fsp3) is 0.617. The van der Waals surface area contributed by atoms with Gasteiger partial charge >= 0.3 is 18.0 Å². The molecule has 0 spiro atoms. The Morgan fingerprint density at radius 1 is 0.758 bits per heavy atom. The molecule has 2 aromatic carbocycles. The molecule has 4 atom stereocenters. The van der Waals surface area contributed by atoms with Crippen LogP contribution in [0.25, 0.3) is 0 Å². The third-order valence-electron chi connectivity index (χ3n) is 11.2. The monoisotopic (exact) mass is 882 g/mol. The van der Waals surface area contributed by atoms with E-state index in [9.17, 15) is 33.9 Å². The second-order valence-electron chi connectivity index (χ2n) is 16.6. The van der Waals surface area contributed by atoms with Crippen LogP contribution in [0.5, 0.6) is 0 Å². The number of hydrogen-bond donors (Lipinski definition) is 2. The number of thioether (sulfide) groups is 1. The number of quaternary nitrogens is 1. The highest BCUT2D eigenvalue weighted by Crippen LogP contribution is 2.51. The number of carbonyl (C=O) groups excluding carboxylic acids is 6. The van der Waals surface area contributed by atoms with Gasteiger partial charge in [0, 0.05) is 17.1 Å². The fourth-order valence-corrected chi connectivity index (χ4v) is 9.30. The molecule has 0 aromatic heterocycles. The second-order valence-corrected chi connectivity index (χ2v) is 18.4. The van der Waals surface area contributed by atoms with Crippen LogP contribution >= 0.6 is 11.8 Å². The average Bonchev–Trinajstić information content (AvgIpc) is 3.52. The van der Waals surface area contributed by atoms with Gasteiger partial charge in [-0.25, -0.2) is 9.59 Å². The summed E-state index contributed by atoms with van der Waals surface area (Å²) in [5.74, 6) is -3.78. The SMILES string of the molecule is CC1(C)S[C@@H]2[C@H](NC(=O)C(NC(=O)OCc3ccccc3)c3ccccc3)C(=O)N2[C@H]1C(=O)OCOC(=O)CCCCC(=O)[O-].CCCC[N+](CCCC)(CCCC)CCCC. The number of alkyl carbamates (subject to hydrolysis) is 1. The van der Waals surface area contributed by atoms with Gasteiger partial charge in [0.25, 0.3) is 0 Å². The molecule has 3 amide bonds. The van der Waals surface area contributed by atoms with Crippen molar-refractivity contribution in [2.75, 3.05) is 33.0 Å². The molecule has 0 bridgehead atoms. The number of ether oxygens (including phenoxy) is 3. The van der Waals surface area contributed by atoms with E-state index in [1.165, 1.54) is 98.7 Å². The summed E-state index contributed by atoms with van der Waals surface area (Å²) in [6.45, 7) is 17.9. The minimum absolute atomic E-state index is 0.00106. The topological polar surface area (TPSA) is 180 Å². The van der Waals surface area contributed by atoms with Crippen molar-refractivity contribution in [3.8, 4) is 0 Å². The largest absolute Gasteiger partial charge is 0.550 e. The Morgan fingerprint density at radius 3 is 1.82 bits per heavy atom. The van der Waals surface area contributed by atoms with Crippen molar-refractivity contribution in [3.63, 3.8) is 0 Å². The summed E-state index contributed by atoms with van der Waals surface area (Å²) in [5, 5.41) is 15.2. The number of nitrogens with zero attached hydrogens (tertiary/aromatic N) is 2. The zero-order chi connectivity index (χ0) is 45.5. The number of hydrogen-bond acceptors (Lipinski definition) is 11. The Balaban J connectivity index is 0.000000509. The van der Waals surface area contributed by atoms with Gasteiger partial charge in [0.15, 0.2) is 0 Å². The maximum absolute atomic E-state index is 13.5. The van der Waals surface area contributed by atoms with Gasteiger partial charge in [-0.1, -0.05) is 114 Å². The first-order chi connectivity index (χ1) is 29.7. The lowest BCUT2D eigenvalue weighted by Crippen LogP contribution is -2.71. The number of esters is 2. The smallest absolute Gasteiger partial charge is 0.408 e. The molecule has 2 N–H and O–H groups in total. The molecule has 1 unspecified atom stereocenters. The van der Waals surface area contributed by atoms with Crippen LogP contribution in [0.4, 0.5) is 4.79 Å². The van der Waals surface area contributed by atoms with Crippen LogP contribution in [0.2, 0.25) is 0 Å². The number of amides is 3. The number of fused-ring (bicyclic) bond motifs is 1. The Morgan fingerprint density at radius 2 is 1.29 bits per heavy atom. The summed E-state index contributed by atoms with van der Waals surface area (Å²) in [6.07, 6.45) is 10.6. The third kappa shape index (κ3) is 16.2. The molecular weight excluding hydrogens is 813 g/mol. The molecule has 2 aliphatic rings. The first-order valence-electron chi connectivity index (χ1n) is 22.4. The van der Waals surface area contributed by atoms with E-state index >= 15 is 0 Å². The van der Waals surface area contributed by atoms with E-state index in [4.69, 9.17) is 14.2 Å². The summed E-state index contributed by atoms with van der Waals surface area (Å²) < 4.78 is 16.0. The zero-order valence-electron chi connectivity index (χ0n) is 37.7. The minimum Gasteiger partial charge on any atom is -0.550 e. The predicted octanol–water partition coefficient (Wildman–Crippen LogP) is 6.56. The normalized spacial score (nSPS) is 17.9. The highest BCUT2D eigenvalue weighted by molar-refractivity contribution is 8.01. The number of β-lactam (4-membered cyclic amide) rings is 1. The van der Waals surface area contributed by atoms with E-state index < -0.39 is 70.9 Å². The van der Waals surface area contributed by atoms with Crippen LogP contribution in [0.3, 0.4) is 0 Å². The Bertz CT molecular complexity index is 1680. The number of aliphatic carboxylic acids is 1. The summed E-state index contributed by atoms with van der Waals surface area (Å²) >= 11 is 1.31. The molecule has 344 valence electrons. The van der Waals surface area contributed by atoms with Gasteiger partial charge < -0.3 is 44.1 Å². The van der Waals surface area contributed by atoms with Crippen LogP contribution in [0, 0.1) is 0 Å². The van der Waals surface area contributed by atoms with Crippen molar-refractivity contribution >= 4 is 47.6 Å². The maximum atomic E-state index is 13.5. The molecule has 2 saturated heterocycles. The van der Waals surface area contributed by atoms with E-state index in [0.29, 0.717) is 5.56 Å². The van der Waals surface area contributed by atoms with Gasteiger partial charge in [0.1, 0.15) is 30.1 Å². The van der Waals surface area contributed by atoms with E-state index in [-0.39, 0.29) is 32.3 Å². The number of unbranched alkanes of at least 4 members (excludes halogenated alkanes) is 5. The molecule has 15 heteroatoms. The second kappa shape index (κ2) is 26.8. The first kappa shape index (κ1) is 51.7. The van der Waals surface area contributed by atoms with Crippen molar-refractivity contribution in [2.24, 2.45) is 0 Å². The summed E-state index contributed by atoms with van der Waals surface area (Å²) in [6, 6.07) is 14.4. The summed E-state index contributed by atoms with van der Waals surface area (Å²) in [7, 11) is 0. The Hall–Kier alpha value is -4.63. The Labute approximate surface area is 372 Å². The molecule has 2 aromatic rings. The first-order valence-corrected chi connectivity index (χ1v) is 23.3. The molecule has 2 aliphatic heterocycles. The molecule has 62 heavy (non-hydrogen) atoms. The van der Waals surface area contributed by atoms with Gasteiger partial charge in [-0.05, 0) is 69.9 Å². The minimum atomic E-state index is -1.21. The lowest BCUT2D eigenvalue weighted by molar-refractivity contribution is -0.929. The predicted molar refractivity (Wildman–Crippen MR) is 237 cm³/mol. The van der Waals surface area contributed by atoms with Crippen LogP contribution in [0.1, 0.15) is 136 Å². The number of rotatable bonds is 26. The van der Waals surface area contributed by atoms with Gasteiger partial charge in [-0.2, -0.15) is 0 Å². The molecule has 2 fully saturated rings. The van der Waals surface area contributed by atoms with Crippen molar-refractivity contribution in [3.05, 3.63) is 71.8 Å². The van der Waals surface area contributed by atoms with Gasteiger partial charge in [-0.15, -0.1) is 11.8 Å². The summed E-state index contributed by atoms with van der Waals surface area (Å²) in [5.41, 5.74) is 1.25. The number of carbonyl (C=O) groups is 6. The molecule has 14 nitrogen and oxygen atoms in total. The van der Waals surface area contributed by atoms with Crippen molar-refractivity contribution in [1.29, 1.82) is 0 Å². The van der Waals surface area contributed by atoms with E-state index in [2.05, 4.69) is 38.3 Å². The molecule has 0 aliphatic carbocycles. The zero-order valence-corrected chi connectivity index (χ0v) is 38.5. The molecule has 2 heterocycles. The highest BCUT2D eigenvalue weighted by atomic mass is 32.2. The number of carboxylic acid groups (broad SMARTS) is 1. The van der Waals surface area contributed by atoms with Crippen LogP contribution in [0.15, 0.2) is 60.7 Å². The van der Waals surface area contributed by atoms with Crippen molar-refractivity contribution in [2.45, 2.75) is 153 Å². The van der Waals surface area contributed by atoms with Gasteiger partial charge in [0.2, 0.25) is 18.6 Å². The maximum Gasteiger partial charge on any atom is 0.408 e. The number of nitrogens with one attached hydrogen (secondary N) is 2. The number of benzene rings is 2. The fourth-order valence-electron chi connectivity index (χ4n) is 7.68. The van der Waals surface area contributed by atoms with Crippen LogP contribution in [-0.2, 0) is 44.8 Å². The summed E-state index contributed by atoms with van der Waals surface area (Å²) in [4.78, 5) is 76.0. The lowest BCUT2D eigenvalue weighted by atomic mass is 9.95. The third-order valence-corrected chi connectivity index (χ3v) is 12.8. The van der Waals surface area contributed by atoms with Crippen LogP contribution < -0.4 is 15.7 Å². The standard InChI is InChI=1S/C31H35N3O10S.C16H36N/c1-31(2)25(29(40)44-18-43-22(37)16-10-9-15-21(35)36)34-27(39)24(28(34)45-31)32-26(38)23(20-13-7-4-8-14-20)33-30(41)42-17-19-11-5-3-6-12-19;1-5-9-13-17(14-10-6-2,15-11-7-3)16-12-8-4/h3-8,11-14,23-25,28H,9-10,15-18H2,1-2H3,(H,32,38)(H,33,41)(H,35,36);5-16H2,1-4H3/q;+1/p-1/t23?,24-,25+,28-;/m1./s1. The molecular formula is C47H70N4O10S. The quantitative estimate of drug-likeness (QED) is 0.0344. The molecule has 0 saturated carbocycles. The van der Waals surface area contributed by atoms with E-state index in [1.54, 1.807) is 56.3 Å². The van der Waals surface area contributed by atoms with Crippen LogP contribution in [-0.4, -0.2) is 100 Å². The van der Waals surface area contributed by atoms with Gasteiger partial charge in [-0.3, -0.25) is 14.4 Å². The van der Waals surface area contributed by atoms with Crippen molar-refractivity contribution in [1.82, 2.24) is 15.5 Å². The highest BCUT2D eigenvalue weighted by Gasteiger charge is 2.64. The number of carboxylic acids is 1. The Kier molecular flexibility index (Phi) is 22.3. The van der Waals surface area contributed by atoms with E-state index in [1.807, 2.05) is 18.2 Å². The molecule has 4 rings (SSSR count). The molecule has 0 radical (unpaired) electrons.